The molecule has 5 rings (SSSR count). The van der Waals surface area contributed by atoms with Gasteiger partial charge >= 0.3 is 0 Å². The van der Waals surface area contributed by atoms with Gasteiger partial charge in [0, 0.05) is 42.7 Å². The number of likely N-dealkylation sites (N-methyl/N-ethyl adjacent to an activating group) is 1. The first-order valence-electron chi connectivity index (χ1n) is 12.3. The van der Waals surface area contributed by atoms with Gasteiger partial charge in [0.1, 0.15) is 5.75 Å². The van der Waals surface area contributed by atoms with E-state index in [1.165, 1.54) is 6.08 Å². The number of fused-ring (bicyclic) bond motifs is 1. The predicted octanol–water partition coefficient (Wildman–Crippen LogP) is 4.94. The van der Waals surface area contributed by atoms with Crippen LogP contribution in [0, 0.1) is 0 Å². The average Bonchev–Trinajstić information content (AvgIpc) is 3.37. The number of carbonyl (C=O) groups excluding carboxylic acids is 1. The first-order valence-corrected chi connectivity index (χ1v) is 12.3. The first-order chi connectivity index (χ1) is 18.6. The Labute approximate surface area is 221 Å². The molecule has 0 fully saturated rings. The van der Waals surface area contributed by atoms with Gasteiger partial charge in [-0.15, -0.1) is 0 Å². The van der Waals surface area contributed by atoms with E-state index in [1.54, 1.807) is 36.2 Å². The molecule has 9 heteroatoms. The zero-order valence-electron chi connectivity index (χ0n) is 21.4. The summed E-state index contributed by atoms with van der Waals surface area (Å²) in [5, 5.41) is 10.7. The molecule has 0 atom stereocenters. The zero-order chi connectivity index (χ0) is 26.5. The molecule has 38 heavy (non-hydrogen) atoms. The van der Waals surface area contributed by atoms with Gasteiger partial charge in [0.25, 0.3) is 0 Å². The molecule has 2 N–H and O–H groups in total. The van der Waals surface area contributed by atoms with Gasteiger partial charge in [0.2, 0.25) is 11.9 Å². The molecule has 192 valence electrons. The lowest BCUT2D eigenvalue weighted by atomic mass is 9.97. The lowest BCUT2D eigenvalue weighted by Gasteiger charge is -2.24. The lowest BCUT2D eigenvalue weighted by molar-refractivity contribution is -0.111. The number of nitrogens with one attached hydrogen (secondary N) is 2. The molecule has 0 radical (unpaired) electrons. The van der Waals surface area contributed by atoms with Crippen LogP contribution < -0.4 is 15.4 Å². The monoisotopic (exact) mass is 507 g/mol. The number of allylic oxidation sites excluding steroid dienone is 2. The van der Waals surface area contributed by atoms with Gasteiger partial charge in [-0.1, -0.05) is 30.9 Å². The number of hydrogen-bond donors (Lipinski definition) is 2. The number of ether oxygens (including phenoxy) is 1. The van der Waals surface area contributed by atoms with E-state index in [0.717, 1.165) is 47.4 Å². The van der Waals surface area contributed by atoms with Gasteiger partial charge < -0.3 is 20.3 Å². The summed E-state index contributed by atoms with van der Waals surface area (Å²) >= 11 is 0. The lowest BCUT2D eigenvalue weighted by Crippen LogP contribution is -2.24. The molecule has 0 aliphatic carbocycles. The largest absolute Gasteiger partial charge is 0.495 e. The Kier molecular flexibility index (Phi) is 7.28. The highest BCUT2D eigenvalue weighted by Crippen LogP contribution is 2.38. The maximum atomic E-state index is 12.6. The van der Waals surface area contributed by atoms with E-state index in [1.807, 2.05) is 42.6 Å². The third-order valence-corrected chi connectivity index (χ3v) is 6.34. The van der Waals surface area contributed by atoms with Crippen molar-refractivity contribution >= 4 is 34.3 Å². The number of pyridine rings is 1. The van der Waals surface area contributed by atoms with Crippen LogP contribution >= 0.6 is 0 Å². The summed E-state index contributed by atoms with van der Waals surface area (Å²) in [5.41, 5.74) is 5.95. The van der Waals surface area contributed by atoms with Crippen LogP contribution in [0.3, 0.4) is 0 Å². The molecule has 3 aromatic heterocycles. The molecule has 0 saturated heterocycles. The Balaban J connectivity index is 1.52. The number of hydrogen-bond acceptors (Lipinski definition) is 7. The predicted molar refractivity (Wildman–Crippen MR) is 151 cm³/mol. The Bertz CT molecular complexity index is 1550. The number of aromatic nitrogens is 4. The van der Waals surface area contributed by atoms with E-state index >= 15 is 0 Å². The van der Waals surface area contributed by atoms with Gasteiger partial charge in [-0.05, 0) is 49.4 Å². The van der Waals surface area contributed by atoms with Crippen LogP contribution in [0.2, 0.25) is 0 Å². The number of amides is 1. The molecule has 9 nitrogen and oxygen atoms in total. The minimum atomic E-state index is -0.248. The molecule has 4 heterocycles. The second-order valence-electron chi connectivity index (χ2n) is 8.90. The molecule has 1 aliphatic rings. The third kappa shape index (κ3) is 5.33. The van der Waals surface area contributed by atoms with E-state index in [9.17, 15) is 4.79 Å². The summed E-state index contributed by atoms with van der Waals surface area (Å²) in [4.78, 5) is 24.0. The standard InChI is InChI=1S/C29H29N7O2/c1-4-5-9-28(37)32-24-18-25(27(38-3)17-21(24)20-11-15-35(2)16-12-20)34-29-30-13-10-23(33-29)22-19-31-36-14-7-6-8-26(22)36/h4-11,13-14,17-19H,1,12,15-16H2,2-3H3,(H,32,37)(H,30,33,34)/b9-5+. The van der Waals surface area contributed by atoms with Gasteiger partial charge in [0.05, 0.1) is 35.9 Å². The fraction of sp³-hybridized carbons (Fsp3) is 0.172. The minimum Gasteiger partial charge on any atom is -0.495 e. The van der Waals surface area contributed by atoms with Crippen LogP contribution in [-0.4, -0.2) is 57.6 Å². The second-order valence-corrected chi connectivity index (χ2v) is 8.90. The molecule has 4 aromatic rings. The van der Waals surface area contributed by atoms with Crippen molar-refractivity contribution in [3.05, 3.63) is 91.4 Å². The van der Waals surface area contributed by atoms with Crippen LogP contribution in [0.5, 0.6) is 5.75 Å². The maximum Gasteiger partial charge on any atom is 0.248 e. The molecule has 0 spiro atoms. The molecule has 0 unspecified atom stereocenters. The van der Waals surface area contributed by atoms with Crippen molar-refractivity contribution < 1.29 is 9.53 Å². The quantitative estimate of drug-likeness (QED) is 0.257. The molecular formula is C29H29N7O2. The Hall–Kier alpha value is -4.76. The minimum absolute atomic E-state index is 0.248. The van der Waals surface area contributed by atoms with E-state index < -0.39 is 0 Å². The highest BCUT2D eigenvalue weighted by Gasteiger charge is 2.19. The first kappa shape index (κ1) is 24.9. The molecule has 1 aromatic carbocycles. The van der Waals surface area contributed by atoms with Gasteiger partial charge in [-0.2, -0.15) is 5.10 Å². The van der Waals surface area contributed by atoms with Crippen LogP contribution in [-0.2, 0) is 4.79 Å². The maximum absolute atomic E-state index is 12.6. The van der Waals surface area contributed by atoms with Crippen LogP contribution in [0.25, 0.3) is 22.3 Å². The van der Waals surface area contributed by atoms with E-state index in [2.05, 4.69) is 45.3 Å². The number of anilines is 3. The van der Waals surface area contributed by atoms with Crippen molar-refractivity contribution in [2.24, 2.45) is 0 Å². The summed E-state index contributed by atoms with van der Waals surface area (Å²) in [5.74, 6) is 0.762. The highest BCUT2D eigenvalue weighted by atomic mass is 16.5. The Morgan fingerprint density at radius 3 is 2.87 bits per heavy atom. The van der Waals surface area contributed by atoms with Crippen LogP contribution in [0.15, 0.2) is 85.9 Å². The van der Waals surface area contributed by atoms with Crippen LogP contribution in [0.4, 0.5) is 17.3 Å². The molecule has 0 bridgehead atoms. The van der Waals surface area contributed by atoms with Crippen molar-refractivity contribution in [3.63, 3.8) is 0 Å². The SMILES string of the molecule is C=C/C=C/C(=O)Nc1cc(Nc2nccc(-c3cnn4ccccc34)n2)c(OC)cc1C1=CCN(C)CC1. The zero-order valence-corrected chi connectivity index (χ0v) is 21.4. The van der Waals surface area contributed by atoms with Crippen molar-refractivity contribution in [2.75, 3.05) is 37.9 Å². The van der Waals surface area contributed by atoms with Gasteiger partial charge in [-0.25, -0.2) is 14.5 Å². The topological polar surface area (TPSA) is 96.7 Å². The summed E-state index contributed by atoms with van der Waals surface area (Å²) in [6.45, 7) is 5.41. The number of nitrogens with zero attached hydrogens (tertiary/aromatic N) is 5. The summed E-state index contributed by atoms with van der Waals surface area (Å²) in [7, 11) is 3.71. The number of benzene rings is 1. The van der Waals surface area contributed by atoms with E-state index in [0.29, 0.717) is 23.1 Å². The van der Waals surface area contributed by atoms with E-state index in [-0.39, 0.29) is 5.91 Å². The van der Waals surface area contributed by atoms with E-state index in [4.69, 9.17) is 9.72 Å². The fourth-order valence-corrected chi connectivity index (χ4v) is 4.38. The molecular weight excluding hydrogens is 478 g/mol. The molecule has 1 amide bonds. The number of rotatable bonds is 8. The number of carbonyl (C=O) groups is 1. The van der Waals surface area contributed by atoms with Crippen molar-refractivity contribution in [2.45, 2.75) is 6.42 Å². The Morgan fingerprint density at radius 2 is 2.08 bits per heavy atom. The average molecular weight is 508 g/mol. The Morgan fingerprint density at radius 1 is 1.18 bits per heavy atom. The molecule has 0 saturated carbocycles. The third-order valence-electron chi connectivity index (χ3n) is 6.34. The van der Waals surface area contributed by atoms with Crippen molar-refractivity contribution in [1.29, 1.82) is 0 Å². The fourth-order valence-electron chi connectivity index (χ4n) is 4.38. The number of methoxy groups -OCH3 is 1. The second kappa shape index (κ2) is 11.1. The summed E-state index contributed by atoms with van der Waals surface area (Å²) in [6, 6.07) is 11.5. The van der Waals surface area contributed by atoms with Crippen LogP contribution in [0.1, 0.15) is 12.0 Å². The highest BCUT2D eigenvalue weighted by molar-refractivity contribution is 6.02. The normalized spacial score (nSPS) is 13.9. The smallest absolute Gasteiger partial charge is 0.248 e. The van der Waals surface area contributed by atoms with Gasteiger partial charge in [0.15, 0.2) is 0 Å². The summed E-state index contributed by atoms with van der Waals surface area (Å²) < 4.78 is 7.55. The van der Waals surface area contributed by atoms with Crippen molar-refractivity contribution in [3.8, 4) is 17.0 Å². The van der Waals surface area contributed by atoms with Gasteiger partial charge in [-0.3, -0.25) is 4.79 Å². The summed E-state index contributed by atoms with van der Waals surface area (Å²) in [6.07, 6.45) is 13.0. The molecule has 1 aliphatic heterocycles. The van der Waals surface area contributed by atoms with Crippen molar-refractivity contribution in [1.82, 2.24) is 24.5 Å².